The van der Waals surface area contributed by atoms with Gasteiger partial charge in [-0.3, -0.25) is 9.10 Å². The average molecular weight is 487 g/mol. The van der Waals surface area contributed by atoms with Gasteiger partial charge in [-0.2, -0.15) is 0 Å². The van der Waals surface area contributed by atoms with Gasteiger partial charge < -0.3 is 14.8 Å². The first kappa shape index (κ1) is 22.9. The van der Waals surface area contributed by atoms with Gasteiger partial charge in [-0.15, -0.1) is 0 Å². The van der Waals surface area contributed by atoms with Gasteiger partial charge in [-0.05, 0) is 67.4 Å². The number of nitrogens with zero attached hydrogens (tertiary/aromatic N) is 1. The number of carbonyl (C=O) groups is 1. The second-order valence-electron chi connectivity index (χ2n) is 7.72. The zero-order chi connectivity index (χ0) is 23.6. The molecule has 4 rings (SSSR count). The molecule has 33 heavy (non-hydrogen) atoms. The van der Waals surface area contributed by atoms with Crippen molar-refractivity contribution in [1.82, 2.24) is 5.32 Å². The molecular formula is C24H23ClN2O5S. The number of aryl methyl sites for hydroxylation is 2. The number of nitrogens with one attached hydrogen (secondary N) is 1. The van der Waals surface area contributed by atoms with Crippen molar-refractivity contribution >= 4 is 33.2 Å². The Balaban J connectivity index is 1.58. The van der Waals surface area contributed by atoms with Gasteiger partial charge in [0.25, 0.3) is 10.0 Å². The maximum atomic E-state index is 13.5. The molecule has 1 heterocycles. The molecule has 7 nitrogen and oxygen atoms in total. The van der Waals surface area contributed by atoms with Crippen molar-refractivity contribution in [2.24, 2.45) is 0 Å². The third kappa shape index (κ3) is 5.07. The minimum absolute atomic E-state index is 0.103. The lowest BCUT2D eigenvalue weighted by Gasteiger charge is -2.26. The fourth-order valence-corrected chi connectivity index (χ4v) is 5.19. The summed E-state index contributed by atoms with van der Waals surface area (Å²) in [6.07, 6.45) is 0. The van der Waals surface area contributed by atoms with E-state index in [1.165, 1.54) is 12.1 Å². The van der Waals surface area contributed by atoms with E-state index in [0.29, 0.717) is 27.8 Å². The molecule has 0 fully saturated rings. The Kier molecular flexibility index (Phi) is 6.49. The number of fused-ring (bicyclic) bond motifs is 1. The third-order valence-electron chi connectivity index (χ3n) is 5.25. The van der Waals surface area contributed by atoms with Gasteiger partial charge >= 0.3 is 0 Å². The zero-order valence-electron chi connectivity index (χ0n) is 18.2. The lowest BCUT2D eigenvalue weighted by Crippen LogP contribution is -2.41. The summed E-state index contributed by atoms with van der Waals surface area (Å²) >= 11 is 6.07. The first-order valence-electron chi connectivity index (χ1n) is 10.2. The number of ether oxygens (including phenoxy) is 2. The van der Waals surface area contributed by atoms with E-state index in [4.69, 9.17) is 21.1 Å². The maximum Gasteiger partial charge on any atom is 0.264 e. The molecule has 3 aromatic rings. The molecule has 0 spiro atoms. The van der Waals surface area contributed by atoms with E-state index in [1.54, 1.807) is 49.4 Å². The van der Waals surface area contributed by atoms with E-state index in [2.05, 4.69) is 5.32 Å². The van der Waals surface area contributed by atoms with Crippen molar-refractivity contribution in [3.05, 3.63) is 82.4 Å². The van der Waals surface area contributed by atoms with E-state index >= 15 is 0 Å². The molecule has 0 atom stereocenters. The highest BCUT2D eigenvalue weighted by Gasteiger charge is 2.28. The van der Waals surface area contributed by atoms with Gasteiger partial charge in [0.15, 0.2) is 11.5 Å². The van der Waals surface area contributed by atoms with Crippen LogP contribution in [0, 0.1) is 13.8 Å². The summed E-state index contributed by atoms with van der Waals surface area (Å²) in [4.78, 5) is 12.9. The number of rotatable bonds is 7. The van der Waals surface area contributed by atoms with Crippen LogP contribution in [0.4, 0.5) is 5.69 Å². The number of benzene rings is 3. The van der Waals surface area contributed by atoms with Crippen LogP contribution in [0.3, 0.4) is 0 Å². The standard InChI is InChI=1S/C24H23ClN2O5S/c1-16-3-7-20(8-4-16)33(29,30)27(21-9-6-19(25)11-17(21)2)14-24(28)26-13-18-5-10-22-23(12-18)32-15-31-22/h3-12H,13-15H2,1-2H3,(H,26,28). The lowest BCUT2D eigenvalue weighted by atomic mass is 10.2. The number of hydrogen-bond donors (Lipinski definition) is 1. The van der Waals surface area contributed by atoms with E-state index in [-0.39, 0.29) is 24.8 Å². The largest absolute Gasteiger partial charge is 0.454 e. The number of sulfonamides is 1. The lowest BCUT2D eigenvalue weighted by molar-refractivity contribution is -0.119. The van der Waals surface area contributed by atoms with E-state index in [1.807, 2.05) is 13.0 Å². The highest BCUT2D eigenvalue weighted by Crippen LogP contribution is 2.32. The minimum atomic E-state index is -4.00. The van der Waals surface area contributed by atoms with Crippen LogP contribution in [-0.4, -0.2) is 27.7 Å². The molecule has 0 radical (unpaired) electrons. The van der Waals surface area contributed by atoms with Crippen LogP contribution in [0.2, 0.25) is 5.02 Å². The van der Waals surface area contributed by atoms with E-state index in [0.717, 1.165) is 15.4 Å². The van der Waals surface area contributed by atoms with Crippen LogP contribution in [0.25, 0.3) is 0 Å². The Morgan fingerprint density at radius 2 is 1.73 bits per heavy atom. The fourth-order valence-electron chi connectivity index (χ4n) is 3.47. The third-order valence-corrected chi connectivity index (χ3v) is 7.26. The van der Waals surface area contributed by atoms with Crippen molar-refractivity contribution in [2.45, 2.75) is 25.3 Å². The topological polar surface area (TPSA) is 84.9 Å². The first-order valence-corrected chi connectivity index (χ1v) is 12.1. The van der Waals surface area contributed by atoms with Crippen molar-refractivity contribution in [3.63, 3.8) is 0 Å². The molecule has 1 aliphatic rings. The molecule has 0 saturated carbocycles. The summed E-state index contributed by atoms with van der Waals surface area (Å²) in [7, 11) is -4.00. The highest BCUT2D eigenvalue weighted by molar-refractivity contribution is 7.92. The molecule has 9 heteroatoms. The van der Waals surface area contributed by atoms with Gasteiger partial charge in [-0.25, -0.2) is 8.42 Å². The molecule has 1 amide bonds. The van der Waals surface area contributed by atoms with Crippen LogP contribution in [-0.2, 0) is 21.4 Å². The van der Waals surface area contributed by atoms with Crippen molar-refractivity contribution < 1.29 is 22.7 Å². The number of anilines is 1. The second kappa shape index (κ2) is 9.33. The molecule has 0 bridgehead atoms. The SMILES string of the molecule is Cc1ccc(S(=O)(=O)N(CC(=O)NCc2ccc3c(c2)OCO3)c2ccc(Cl)cc2C)cc1. The molecule has 172 valence electrons. The van der Waals surface area contributed by atoms with Gasteiger partial charge in [0.05, 0.1) is 10.6 Å². The Morgan fingerprint density at radius 1 is 1.00 bits per heavy atom. The molecular weight excluding hydrogens is 464 g/mol. The Labute approximate surface area is 197 Å². The number of hydrogen-bond acceptors (Lipinski definition) is 5. The molecule has 0 unspecified atom stereocenters. The van der Waals surface area contributed by atoms with Crippen LogP contribution >= 0.6 is 11.6 Å². The predicted octanol–water partition coefficient (Wildman–Crippen LogP) is 4.20. The monoisotopic (exact) mass is 486 g/mol. The van der Waals surface area contributed by atoms with E-state index < -0.39 is 15.9 Å². The van der Waals surface area contributed by atoms with Gasteiger partial charge in [-0.1, -0.05) is 35.4 Å². The summed E-state index contributed by atoms with van der Waals surface area (Å²) in [5.74, 6) is 0.818. The van der Waals surface area contributed by atoms with Crippen molar-refractivity contribution in [3.8, 4) is 11.5 Å². The molecule has 0 aromatic heterocycles. The first-order chi connectivity index (χ1) is 15.7. The van der Waals surface area contributed by atoms with E-state index in [9.17, 15) is 13.2 Å². The molecule has 0 aliphatic carbocycles. The van der Waals surface area contributed by atoms with Gasteiger partial charge in [0, 0.05) is 11.6 Å². The summed E-state index contributed by atoms with van der Waals surface area (Å²) in [6, 6.07) is 16.8. The number of halogens is 1. The Bertz CT molecular complexity index is 1290. The summed E-state index contributed by atoms with van der Waals surface area (Å²) in [5, 5.41) is 3.27. The fraction of sp³-hybridized carbons (Fsp3) is 0.208. The summed E-state index contributed by atoms with van der Waals surface area (Å²) in [6.45, 7) is 3.62. The minimum Gasteiger partial charge on any atom is -0.454 e. The molecule has 0 saturated heterocycles. The van der Waals surface area contributed by atoms with Crippen LogP contribution in [0.15, 0.2) is 65.6 Å². The van der Waals surface area contributed by atoms with Crippen molar-refractivity contribution in [2.75, 3.05) is 17.6 Å². The Hall–Kier alpha value is -3.23. The smallest absolute Gasteiger partial charge is 0.264 e. The maximum absolute atomic E-state index is 13.5. The molecule has 3 aromatic carbocycles. The molecule has 1 N–H and O–H groups in total. The van der Waals surface area contributed by atoms with Crippen LogP contribution in [0.1, 0.15) is 16.7 Å². The van der Waals surface area contributed by atoms with Crippen molar-refractivity contribution in [1.29, 1.82) is 0 Å². The summed E-state index contributed by atoms with van der Waals surface area (Å²) in [5.41, 5.74) is 2.77. The quantitative estimate of drug-likeness (QED) is 0.541. The molecule has 1 aliphatic heterocycles. The zero-order valence-corrected chi connectivity index (χ0v) is 19.7. The Morgan fingerprint density at radius 3 is 2.45 bits per heavy atom. The summed E-state index contributed by atoms with van der Waals surface area (Å²) < 4.78 is 38.8. The second-order valence-corrected chi connectivity index (χ2v) is 10.0. The van der Waals surface area contributed by atoms with Gasteiger partial charge in [0.2, 0.25) is 12.7 Å². The highest BCUT2D eigenvalue weighted by atomic mass is 35.5. The van der Waals surface area contributed by atoms with Gasteiger partial charge in [0.1, 0.15) is 6.54 Å². The number of carbonyl (C=O) groups excluding carboxylic acids is 1. The predicted molar refractivity (Wildman–Crippen MR) is 126 cm³/mol. The van der Waals surface area contributed by atoms with Crippen LogP contribution in [0.5, 0.6) is 11.5 Å². The normalized spacial score (nSPS) is 12.5. The van der Waals surface area contributed by atoms with Crippen LogP contribution < -0.4 is 19.1 Å². The number of amides is 1. The average Bonchev–Trinajstić information content (AvgIpc) is 3.25.